The molecule has 2 aromatic rings. The molecule has 0 N–H and O–H groups in total. The van der Waals surface area contributed by atoms with E-state index in [4.69, 9.17) is 32.7 Å². The Morgan fingerprint density at radius 1 is 1.24 bits per heavy atom. The summed E-state index contributed by atoms with van der Waals surface area (Å²) in [5, 5.41) is 1.32. The number of hydrogen-bond acceptors (Lipinski definition) is 3. The Balaban J connectivity index is 1.58. The molecule has 0 spiro atoms. The van der Waals surface area contributed by atoms with Crippen LogP contribution in [0.5, 0.6) is 5.75 Å². The summed E-state index contributed by atoms with van der Waals surface area (Å²) in [5.74, 6) is 0.721. The molecule has 1 aliphatic rings. The van der Waals surface area contributed by atoms with Gasteiger partial charge in [0.15, 0.2) is 0 Å². The predicted octanol–water partition coefficient (Wildman–Crippen LogP) is 4.22. The van der Waals surface area contributed by atoms with Crippen molar-refractivity contribution in [1.82, 2.24) is 4.90 Å². The molecule has 6 heteroatoms. The van der Waals surface area contributed by atoms with Crippen LogP contribution in [0, 0.1) is 6.92 Å². The first kappa shape index (κ1) is 18.1. The van der Waals surface area contributed by atoms with Crippen molar-refractivity contribution in [3.8, 4) is 5.75 Å². The fraction of sp³-hybridized carbons (Fsp3) is 0.316. The second-order valence-electron chi connectivity index (χ2n) is 5.97. The van der Waals surface area contributed by atoms with E-state index in [0.717, 1.165) is 11.3 Å². The maximum Gasteiger partial charge on any atom is 0.254 e. The topological polar surface area (TPSA) is 38.8 Å². The van der Waals surface area contributed by atoms with Crippen LogP contribution in [-0.2, 0) is 4.74 Å². The SMILES string of the molecule is Cc1cc(OC[C@H]2CN(C(=O)c3ccc(Cl)cc3)CCO2)ccc1Cl. The van der Waals surface area contributed by atoms with E-state index in [9.17, 15) is 4.79 Å². The highest BCUT2D eigenvalue weighted by Crippen LogP contribution is 2.22. The zero-order valence-electron chi connectivity index (χ0n) is 13.9. The van der Waals surface area contributed by atoms with Crippen LogP contribution in [0.25, 0.3) is 0 Å². The standard InChI is InChI=1S/C19H19Cl2NO3/c1-13-10-16(6-7-18(13)21)25-12-17-11-22(8-9-24-17)19(23)14-2-4-15(20)5-3-14/h2-7,10,17H,8-9,11-12H2,1H3/t17-/m1/s1. The summed E-state index contributed by atoms with van der Waals surface area (Å²) in [6, 6.07) is 12.4. The molecule has 1 heterocycles. The third kappa shape index (κ3) is 4.66. The van der Waals surface area contributed by atoms with Crippen LogP contribution >= 0.6 is 23.2 Å². The Kier molecular flexibility index (Phi) is 5.84. The number of aryl methyl sites for hydroxylation is 1. The third-order valence-corrected chi connectivity index (χ3v) is 4.76. The van der Waals surface area contributed by atoms with Crippen LogP contribution in [-0.4, -0.2) is 43.2 Å². The smallest absolute Gasteiger partial charge is 0.254 e. The Labute approximate surface area is 157 Å². The van der Waals surface area contributed by atoms with E-state index in [0.29, 0.717) is 41.9 Å². The van der Waals surface area contributed by atoms with Crippen LogP contribution in [0.1, 0.15) is 15.9 Å². The number of halogens is 2. The second kappa shape index (κ2) is 8.09. The van der Waals surface area contributed by atoms with Crippen LogP contribution < -0.4 is 4.74 Å². The van der Waals surface area contributed by atoms with Gasteiger partial charge in [0.05, 0.1) is 13.2 Å². The monoisotopic (exact) mass is 379 g/mol. The Morgan fingerprint density at radius 2 is 2.00 bits per heavy atom. The predicted molar refractivity (Wildman–Crippen MR) is 98.8 cm³/mol. The lowest BCUT2D eigenvalue weighted by atomic mass is 10.1. The first-order chi connectivity index (χ1) is 12.0. The Hall–Kier alpha value is -1.75. The van der Waals surface area contributed by atoms with E-state index in [1.54, 1.807) is 29.2 Å². The largest absolute Gasteiger partial charge is 0.491 e. The lowest BCUT2D eigenvalue weighted by molar-refractivity contribution is -0.0401. The summed E-state index contributed by atoms with van der Waals surface area (Å²) in [5.41, 5.74) is 1.59. The molecule has 1 saturated heterocycles. The zero-order chi connectivity index (χ0) is 17.8. The van der Waals surface area contributed by atoms with E-state index < -0.39 is 0 Å². The molecule has 3 rings (SSSR count). The number of ether oxygens (including phenoxy) is 2. The number of hydrogen-bond donors (Lipinski definition) is 0. The van der Waals surface area contributed by atoms with Gasteiger partial charge in [0.2, 0.25) is 0 Å². The van der Waals surface area contributed by atoms with E-state index in [1.165, 1.54) is 0 Å². The second-order valence-corrected chi connectivity index (χ2v) is 6.82. The molecule has 2 aromatic carbocycles. The molecule has 1 aliphatic heterocycles. The van der Waals surface area contributed by atoms with Crippen molar-refractivity contribution in [2.75, 3.05) is 26.3 Å². The van der Waals surface area contributed by atoms with Crippen LogP contribution in [0.15, 0.2) is 42.5 Å². The summed E-state index contributed by atoms with van der Waals surface area (Å²) < 4.78 is 11.5. The van der Waals surface area contributed by atoms with E-state index in [-0.39, 0.29) is 12.0 Å². The molecule has 1 fully saturated rings. The van der Waals surface area contributed by atoms with Gasteiger partial charge in [-0.15, -0.1) is 0 Å². The number of rotatable bonds is 4. The minimum atomic E-state index is -0.166. The minimum Gasteiger partial charge on any atom is -0.491 e. The number of morpholine rings is 1. The molecule has 25 heavy (non-hydrogen) atoms. The minimum absolute atomic E-state index is 0.0210. The van der Waals surface area contributed by atoms with Gasteiger partial charge in [-0.1, -0.05) is 23.2 Å². The van der Waals surface area contributed by atoms with Gasteiger partial charge in [-0.3, -0.25) is 4.79 Å². The number of carbonyl (C=O) groups excluding carboxylic acids is 1. The van der Waals surface area contributed by atoms with Gasteiger partial charge in [0.1, 0.15) is 18.5 Å². The maximum atomic E-state index is 12.6. The fourth-order valence-electron chi connectivity index (χ4n) is 2.68. The molecule has 0 saturated carbocycles. The zero-order valence-corrected chi connectivity index (χ0v) is 15.4. The fourth-order valence-corrected chi connectivity index (χ4v) is 2.92. The van der Waals surface area contributed by atoms with Crippen molar-refractivity contribution in [2.45, 2.75) is 13.0 Å². The summed E-state index contributed by atoms with van der Waals surface area (Å²) in [4.78, 5) is 14.4. The van der Waals surface area contributed by atoms with E-state index >= 15 is 0 Å². The normalized spacial score (nSPS) is 17.4. The van der Waals surface area contributed by atoms with Gasteiger partial charge in [0.25, 0.3) is 5.91 Å². The molecule has 0 radical (unpaired) electrons. The van der Waals surface area contributed by atoms with Gasteiger partial charge < -0.3 is 14.4 Å². The van der Waals surface area contributed by atoms with Gasteiger partial charge in [-0.05, 0) is 55.0 Å². The first-order valence-electron chi connectivity index (χ1n) is 8.08. The maximum absolute atomic E-state index is 12.6. The van der Waals surface area contributed by atoms with Crippen molar-refractivity contribution < 1.29 is 14.3 Å². The van der Waals surface area contributed by atoms with Crippen molar-refractivity contribution in [3.63, 3.8) is 0 Å². The molecule has 4 nitrogen and oxygen atoms in total. The van der Waals surface area contributed by atoms with Crippen LogP contribution in [0.3, 0.4) is 0 Å². The Bertz CT molecular complexity index is 749. The molecule has 0 aliphatic carbocycles. The lowest BCUT2D eigenvalue weighted by Crippen LogP contribution is -2.47. The van der Waals surface area contributed by atoms with Gasteiger partial charge in [-0.2, -0.15) is 0 Å². The van der Waals surface area contributed by atoms with Crippen LogP contribution in [0.2, 0.25) is 10.0 Å². The Morgan fingerprint density at radius 3 is 2.72 bits per heavy atom. The molecule has 0 unspecified atom stereocenters. The molecule has 132 valence electrons. The average Bonchev–Trinajstić information content (AvgIpc) is 2.63. The van der Waals surface area contributed by atoms with Crippen molar-refractivity contribution in [3.05, 3.63) is 63.6 Å². The highest BCUT2D eigenvalue weighted by molar-refractivity contribution is 6.31. The summed E-state index contributed by atoms with van der Waals surface area (Å²) in [6.45, 7) is 3.86. The number of amides is 1. The summed E-state index contributed by atoms with van der Waals surface area (Å²) >= 11 is 11.9. The molecule has 0 aromatic heterocycles. The third-order valence-electron chi connectivity index (χ3n) is 4.08. The number of benzene rings is 2. The number of carbonyl (C=O) groups is 1. The first-order valence-corrected chi connectivity index (χ1v) is 8.84. The average molecular weight is 380 g/mol. The van der Waals surface area contributed by atoms with Gasteiger partial charge in [-0.25, -0.2) is 0 Å². The van der Waals surface area contributed by atoms with Gasteiger partial charge in [0, 0.05) is 22.2 Å². The van der Waals surface area contributed by atoms with Crippen molar-refractivity contribution in [2.24, 2.45) is 0 Å². The molecule has 1 atom stereocenters. The van der Waals surface area contributed by atoms with E-state index in [1.807, 2.05) is 25.1 Å². The molecular weight excluding hydrogens is 361 g/mol. The summed E-state index contributed by atoms with van der Waals surface area (Å²) in [6.07, 6.45) is -0.166. The van der Waals surface area contributed by atoms with Crippen LogP contribution in [0.4, 0.5) is 0 Å². The summed E-state index contributed by atoms with van der Waals surface area (Å²) in [7, 11) is 0. The molecule has 0 bridgehead atoms. The van der Waals surface area contributed by atoms with Gasteiger partial charge >= 0.3 is 0 Å². The molecule has 1 amide bonds. The lowest BCUT2D eigenvalue weighted by Gasteiger charge is -2.33. The van der Waals surface area contributed by atoms with Crippen molar-refractivity contribution in [1.29, 1.82) is 0 Å². The quantitative estimate of drug-likeness (QED) is 0.797. The highest BCUT2D eigenvalue weighted by Gasteiger charge is 2.25. The van der Waals surface area contributed by atoms with E-state index in [2.05, 4.69) is 0 Å². The highest BCUT2D eigenvalue weighted by atomic mass is 35.5. The number of nitrogens with zero attached hydrogens (tertiary/aromatic N) is 1. The van der Waals surface area contributed by atoms with Crippen molar-refractivity contribution >= 4 is 29.1 Å². The molecular formula is C19H19Cl2NO3.